The van der Waals surface area contributed by atoms with Gasteiger partial charge in [0.25, 0.3) is 0 Å². The summed E-state index contributed by atoms with van der Waals surface area (Å²) in [6.45, 7) is -1.90. The molecule has 6 N–H and O–H groups in total. The third-order valence-electron chi connectivity index (χ3n) is 2.84. The minimum Gasteiger partial charge on any atom is -0.396 e. The third kappa shape index (κ3) is 3.50. The van der Waals surface area contributed by atoms with E-state index in [-0.39, 0.29) is 31.8 Å². The monoisotopic (exact) mass is 235 g/mol. The lowest BCUT2D eigenvalue weighted by atomic mass is 9.76. The first-order valence-electron chi connectivity index (χ1n) is 5.25. The zero-order valence-electron chi connectivity index (χ0n) is 9.26. The number of hydrogen-bond donors (Lipinski definition) is 6. The summed E-state index contributed by atoms with van der Waals surface area (Å²) in [5.74, 6) is -0.443. The van der Waals surface area contributed by atoms with Crippen molar-refractivity contribution < 1.29 is 25.5 Å². The Balaban J connectivity index is 4.78. The van der Waals surface area contributed by atoms with Crippen molar-refractivity contribution in [3.05, 3.63) is 0 Å². The van der Waals surface area contributed by atoms with Crippen LogP contribution in [0, 0.1) is 16.7 Å². The van der Waals surface area contributed by atoms with Crippen LogP contribution in [-0.4, -0.2) is 64.3 Å². The minimum atomic E-state index is -1.37. The van der Waals surface area contributed by atoms with Gasteiger partial charge in [0.1, 0.15) is 0 Å². The molecule has 0 rings (SSSR count). The Kier molecular flexibility index (Phi) is 7.44. The van der Waals surface area contributed by atoms with Crippen LogP contribution in [0.1, 0.15) is 12.8 Å². The van der Waals surface area contributed by atoms with Crippen LogP contribution in [0.4, 0.5) is 0 Å². The predicted octanol–water partition coefficient (Wildman–Crippen LogP) is -1.65. The second-order valence-electron chi connectivity index (χ2n) is 3.89. The molecule has 0 saturated heterocycles. The summed E-state index contributed by atoms with van der Waals surface area (Å²) in [5, 5.41) is 53.0. The van der Waals surface area contributed by atoms with Gasteiger partial charge in [-0.15, -0.1) is 0 Å². The Hall–Kier alpha value is -0.530. The molecule has 6 heteroatoms. The summed E-state index contributed by atoms with van der Waals surface area (Å²) in [4.78, 5) is 0. The number of nitrogens with one attached hydrogen (secondary N) is 1. The molecule has 16 heavy (non-hydrogen) atoms. The van der Waals surface area contributed by atoms with E-state index in [4.69, 9.17) is 30.9 Å². The molecule has 0 saturated carbocycles. The van der Waals surface area contributed by atoms with Crippen molar-refractivity contribution in [3.8, 4) is 0 Å². The average Bonchev–Trinajstić information content (AvgIpc) is 2.31. The largest absolute Gasteiger partial charge is 0.396 e. The molecule has 6 nitrogen and oxygen atoms in total. The number of aliphatic hydroxyl groups is 5. The second kappa shape index (κ2) is 7.70. The molecule has 0 spiro atoms. The SMILES string of the molecule is N=C(C(CCO)CCO)C(CO)(CO)CO. The lowest BCUT2D eigenvalue weighted by Crippen LogP contribution is -2.45. The number of rotatable bonds is 9. The van der Waals surface area contributed by atoms with Gasteiger partial charge < -0.3 is 30.9 Å². The van der Waals surface area contributed by atoms with Crippen molar-refractivity contribution in [1.29, 1.82) is 5.41 Å². The summed E-state index contributed by atoms with van der Waals surface area (Å²) in [5.41, 5.74) is -1.39. The molecule has 0 unspecified atom stereocenters. The topological polar surface area (TPSA) is 125 Å². The van der Waals surface area contributed by atoms with Crippen LogP contribution in [0.15, 0.2) is 0 Å². The van der Waals surface area contributed by atoms with Crippen molar-refractivity contribution in [2.75, 3.05) is 33.0 Å². The highest BCUT2D eigenvalue weighted by Gasteiger charge is 2.37. The van der Waals surface area contributed by atoms with Gasteiger partial charge in [-0.05, 0) is 12.8 Å². The van der Waals surface area contributed by atoms with E-state index in [0.29, 0.717) is 0 Å². The van der Waals surface area contributed by atoms with Crippen molar-refractivity contribution in [2.45, 2.75) is 12.8 Å². The Morgan fingerprint density at radius 3 is 1.50 bits per heavy atom. The summed E-state index contributed by atoms with van der Waals surface area (Å²) in [6.07, 6.45) is 0.530. The van der Waals surface area contributed by atoms with Gasteiger partial charge in [-0.2, -0.15) is 0 Å². The smallest absolute Gasteiger partial charge is 0.0774 e. The Labute approximate surface area is 94.7 Å². The van der Waals surface area contributed by atoms with E-state index >= 15 is 0 Å². The maximum atomic E-state index is 9.15. The van der Waals surface area contributed by atoms with E-state index in [2.05, 4.69) is 0 Å². The van der Waals surface area contributed by atoms with Gasteiger partial charge in [-0.3, -0.25) is 0 Å². The lowest BCUT2D eigenvalue weighted by Gasteiger charge is -2.32. The van der Waals surface area contributed by atoms with Crippen LogP contribution in [0.3, 0.4) is 0 Å². The van der Waals surface area contributed by atoms with E-state index in [0.717, 1.165) is 0 Å². The van der Waals surface area contributed by atoms with Crippen LogP contribution >= 0.6 is 0 Å². The van der Waals surface area contributed by atoms with Crippen LogP contribution in [0.5, 0.6) is 0 Å². The molecule has 0 aromatic carbocycles. The van der Waals surface area contributed by atoms with Crippen molar-refractivity contribution in [3.63, 3.8) is 0 Å². The van der Waals surface area contributed by atoms with Crippen LogP contribution in [0.25, 0.3) is 0 Å². The molecule has 0 fully saturated rings. The molecule has 0 bridgehead atoms. The maximum absolute atomic E-state index is 9.15. The minimum absolute atomic E-state index is 0.0249. The molecule has 0 radical (unpaired) electrons. The van der Waals surface area contributed by atoms with Crippen molar-refractivity contribution in [2.24, 2.45) is 11.3 Å². The molecular formula is C10H21NO5. The molecule has 0 amide bonds. The standard InChI is InChI=1S/C10H21NO5/c11-9(8(1-3-12)2-4-13)10(5-14,6-15)7-16/h8,11-16H,1-7H2. The maximum Gasteiger partial charge on any atom is 0.0774 e. The van der Waals surface area contributed by atoms with Gasteiger partial charge in [0.05, 0.1) is 25.2 Å². The van der Waals surface area contributed by atoms with E-state index in [1.54, 1.807) is 0 Å². The van der Waals surface area contributed by atoms with E-state index in [9.17, 15) is 0 Å². The lowest BCUT2D eigenvalue weighted by molar-refractivity contribution is 0.0505. The van der Waals surface area contributed by atoms with E-state index < -0.39 is 31.2 Å². The van der Waals surface area contributed by atoms with Gasteiger partial charge in [-0.25, -0.2) is 0 Å². The Morgan fingerprint density at radius 1 is 0.875 bits per heavy atom. The highest BCUT2D eigenvalue weighted by Crippen LogP contribution is 2.25. The molecule has 96 valence electrons. The Bertz CT molecular complexity index is 191. The summed E-state index contributed by atoms with van der Waals surface area (Å²) in [7, 11) is 0. The second-order valence-corrected chi connectivity index (χ2v) is 3.89. The summed E-state index contributed by atoms with van der Waals surface area (Å²) < 4.78 is 0. The van der Waals surface area contributed by atoms with Crippen LogP contribution in [-0.2, 0) is 0 Å². The van der Waals surface area contributed by atoms with E-state index in [1.807, 2.05) is 0 Å². The quantitative estimate of drug-likeness (QED) is 0.267. The molecule has 0 aliphatic heterocycles. The van der Waals surface area contributed by atoms with Crippen LogP contribution < -0.4 is 0 Å². The molecule has 0 aliphatic rings. The van der Waals surface area contributed by atoms with Crippen LogP contribution in [0.2, 0.25) is 0 Å². The zero-order valence-corrected chi connectivity index (χ0v) is 9.26. The highest BCUT2D eigenvalue weighted by molar-refractivity contribution is 5.90. The van der Waals surface area contributed by atoms with Gasteiger partial charge in [-0.1, -0.05) is 0 Å². The molecule has 0 aromatic rings. The van der Waals surface area contributed by atoms with Gasteiger partial charge >= 0.3 is 0 Å². The van der Waals surface area contributed by atoms with Gasteiger partial charge in [0.15, 0.2) is 0 Å². The van der Waals surface area contributed by atoms with Gasteiger partial charge in [0.2, 0.25) is 0 Å². The molecule has 0 aliphatic carbocycles. The highest BCUT2D eigenvalue weighted by atomic mass is 16.3. The fourth-order valence-corrected chi connectivity index (χ4v) is 1.58. The number of hydrogen-bond acceptors (Lipinski definition) is 6. The fourth-order valence-electron chi connectivity index (χ4n) is 1.58. The van der Waals surface area contributed by atoms with Crippen molar-refractivity contribution in [1.82, 2.24) is 0 Å². The molecule has 0 heterocycles. The first-order chi connectivity index (χ1) is 7.61. The first kappa shape index (κ1) is 15.5. The predicted molar refractivity (Wildman–Crippen MR) is 58.3 cm³/mol. The zero-order chi connectivity index (χ0) is 12.6. The molecular weight excluding hydrogens is 214 g/mol. The fraction of sp³-hybridized carbons (Fsp3) is 0.900. The number of aliphatic hydroxyl groups excluding tert-OH is 5. The first-order valence-corrected chi connectivity index (χ1v) is 5.25. The Morgan fingerprint density at radius 2 is 1.25 bits per heavy atom. The summed E-state index contributed by atoms with van der Waals surface area (Å²) >= 11 is 0. The van der Waals surface area contributed by atoms with Crippen molar-refractivity contribution >= 4 is 5.71 Å². The van der Waals surface area contributed by atoms with E-state index in [1.165, 1.54) is 0 Å². The van der Waals surface area contributed by atoms with Gasteiger partial charge in [0, 0.05) is 24.8 Å². The summed E-state index contributed by atoms with van der Waals surface area (Å²) in [6, 6.07) is 0. The normalized spacial score (nSPS) is 12.1. The molecule has 0 aromatic heterocycles. The third-order valence-corrected chi connectivity index (χ3v) is 2.84. The molecule has 0 atom stereocenters. The average molecular weight is 235 g/mol.